The van der Waals surface area contributed by atoms with Gasteiger partial charge in [0.15, 0.2) is 0 Å². The highest BCUT2D eigenvalue weighted by Crippen LogP contribution is 2.20. The van der Waals surface area contributed by atoms with Crippen molar-refractivity contribution in [3.63, 3.8) is 0 Å². The Morgan fingerprint density at radius 2 is 1.70 bits per heavy atom. The first-order valence-electron chi connectivity index (χ1n) is 6.00. The Labute approximate surface area is 116 Å². The molecule has 2 aromatic carbocycles. The van der Waals surface area contributed by atoms with Crippen molar-refractivity contribution in [1.82, 2.24) is 0 Å². The van der Waals surface area contributed by atoms with Gasteiger partial charge in [-0.1, -0.05) is 18.2 Å². The van der Waals surface area contributed by atoms with Crippen molar-refractivity contribution in [3.8, 4) is 0 Å². The van der Waals surface area contributed by atoms with Crippen LogP contribution in [-0.4, -0.2) is 20.1 Å². The van der Waals surface area contributed by atoms with Crippen molar-refractivity contribution in [2.75, 3.05) is 11.3 Å². The molecule has 0 aromatic heterocycles. The molecule has 0 atom stereocenters. The monoisotopic (exact) mass is 295 g/mol. The molecule has 0 spiro atoms. The van der Waals surface area contributed by atoms with Gasteiger partial charge in [0.05, 0.1) is 4.90 Å². The molecule has 0 aliphatic heterocycles. The lowest BCUT2D eigenvalue weighted by Gasteiger charge is -2.11. The number of sulfonamides is 1. The molecule has 0 aliphatic carbocycles. The van der Waals surface area contributed by atoms with Gasteiger partial charge in [-0.15, -0.1) is 0 Å². The van der Waals surface area contributed by atoms with E-state index in [4.69, 9.17) is 5.11 Å². The highest BCUT2D eigenvalue weighted by molar-refractivity contribution is 7.92. The maximum Gasteiger partial charge on any atom is 0.262 e. The number of aliphatic hydroxyl groups is 1. The summed E-state index contributed by atoms with van der Waals surface area (Å²) in [7, 11) is -3.76. The zero-order valence-electron chi connectivity index (χ0n) is 10.6. The number of rotatable bonds is 5. The van der Waals surface area contributed by atoms with Crippen LogP contribution in [0.15, 0.2) is 53.4 Å². The normalized spacial score (nSPS) is 11.3. The third-order valence-electron chi connectivity index (χ3n) is 2.74. The van der Waals surface area contributed by atoms with E-state index in [0.29, 0.717) is 5.56 Å². The maximum atomic E-state index is 12.8. The van der Waals surface area contributed by atoms with E-state index in [1.54, 1.807) is 18.2 Å². The Bertz CT molecular complexity index is 684. The average molecular weight is 295 g/mol. The fourth-order valence-electron chi connectivity index (χ4n) is 1.82. The minimum atomic E-state index is -3.76. The third kappa shape index (κ3) is 3.34. The fourth-order valence-corrected chi connectivity index (χ4v) is 3.15. The van der Waals surface area contributed by atoms with E-state index in [0.717, 1.165) is 0 Å². The van der Waals surface area contributed by atoms with Crippen molar-refractivity contribution in [2.24, 2.45) is 0 Å². The summed E-state index contributed by atoms with van der Waals surface area (Å²) in [4.78, 5) is 0.110. The van der Waals surface area contributed by atoms with Crippen LogP contribution in [0.4, 0.5) is 10.1 Å². The Morgan fingerprint density at radius 3 is 2.35 bits per heavy atom. The Balaban J connectivity index is 2.33. The summed E-state index contributed by atoms with van der Waals surface area (Å²) < 4.78 is 39.8. The predicted molar refractivity (Wildman–Crippen MR) is 74.4 cm³/mol. The molecule has 0 heterocycles. The second-order valence-electron chi connectivity index (χ2n) is 4.19. The Kier molecular flexibility index (Phi) is 4.36. The molecular weight excluding hydrogens is 281 g/mol. The molecular formula is C14H14FNO3S. The molecule has 0 fully saturated rings. The van der Waals surface area contributed by atoms with Crippen molar-refractivity contribution in [3.05, 3.63) is 59.9 Å². The van der Waals surface area contributed by atoms with Gasteiger partial charge >= 0.3 is 0 Å². The van der Waals surface area contributed by atoms with Gasteiger partial charge < -0.3 is 5.11 Å². The van der Waals surface area contributed by atoms with Gasteiger partial charge in [0.1, 0.15) is 5.82 Å². The predicted octanol–water partition coefficient (Wildman–Crippen LogP) is 2.16. The molecule has 6 heteroatoms. The molecule has 0 radical (unpaired) electrons. The van der Waals surface area contributed by atoms with Gasteiger partial charge in [0.2, 0.25) is 0 Å². The number of nitrogens with one attached hydrogen (secondary N) is 1. The van der Waals surface area contributed by atoms with E-state index in [1.165, 1.54) is 30.3 Å². The molecule has 20 heavy (non-hydrogen) atoms. The molecule has 0 amide bonds. The lowest BCUT2D eigenvalue weighted by Crippen LogP contribution is -2.15. The number of hydrogen-bond acceptors (Lipinski definition) is 3. The van der Waals surface area contributed by atoms with Crippen LogP contribution in [0.5, 0.6) is 0 Å². The molecule has 0 bridgehead atoms. The molecule has 0 aliphatic rings. The van der Waals surface area contributed by atoms with E-state index in [2.05, 4.69) is 4.72 Å². The van der Waals surface area contributed by atoms with Gasteiger partial charge in [-0.3, -0.25) is 4.72 Å². The molecule has 106 valence electrons. The average Bonchev–Trinajstić information content (AvgIpc) is 2.42. The quantitative estimate of drug-likeness (QED) is 0.888. The standard InChI is InChI=1S/C14H14FNO3S/c15-12-5-7-13(8-6-12)16-20(18,19)14-4-2-1-3-11(14)9-10-17/h1-8,16-17H,9-10H2. The zero-order chi connectivity index (χ0) is 14.6. The second kappa shape index (κ2) is 6.02. The number of anilines is 1. The van der Waals surface area contributed by atoms with Crippen LogP contribution in [-0.2, 0) is 16.4 Å². The lowest BCUT2D eigenvalue weighted by atomic mass is 10.2. The molecule has 0 saturated carbocycles. The number of aliphatic hydroxyl groups excluding tert-OH is 1. The number of hydrogen-bond donors (Lipinski definition) is 2. The number of halogens is 1. The largest absolute Gasteiger partial charge is 0.396 e. The highest BCUT2D eigenvalue weighted by atomic mass is 32.2. The minimum Gasteiger partial charge on any atom is -0.396 e. The van der Waals surface area contributed by atoms with Crippen molar-refractivity contribution < 1.29 is 17.9 Å². The van der Waals surface area contributed by atoms with E-state index in [-0.39, 0.29) is 23.6 Å². The number of benzene rings is 2. The molecule has 2 rings (SSSR count). The van der Waals surface area contributed by atoms with Crippen LogP contribution in [0.1, 0.15) is 5.56 Å². The zero-order valence-corrected chi connectivity index (χ0v) is 11.4. The van der Waals surface area contributed by atoms with E-state index in [1.807, 2.05) is 0 Å². The molecule has 2 aromatic rings. The first kappa shape index (κ1) is 14.5. The van der Waals surface area contributed by atoms with Gasteiger partial charge in [0.25, 0.3) is 10.0 Å². The van der Waals surface area contributed by atoms with Gasteiger partial charge in [-0.05, 0) is 42.3 Å². The smallest absolute Gasteiger partial charge is 0.262 e. The van der Waals surface area contributed by atoms with E-state index in [9.17, 15) is 12.8 Å². The van der Waals surface area contributed by atoms with Gasteiger partial charge in [-0.25, -0.2) is 12.8 Å². The Hall–Kier alpha value is -1.92. The maximum absolute atomic E-state index is 12.8. The topological polar surface area (TPSA) is 66.4 Å². The van der Waals surface area contributed by atoms with Gasteiger partial charge in [0, 0.05) is 12.3 Å². The Morgan fingerprint density at radius 1 is 1.05 bits per heavy atom. The summed E-state index contributed by atoms with van der Waals surface area (Å²) in [6, 6.07) is 11.5. The summed E-state index contributed by atoms with van der Waals surface area (Å²) in [5, 5.41) is 8.97. The van der Waals surface area contributed by atoms with Gasteiger partial charge in [-0.2, -0.15) is 0 Å². The van der Waals surface area contributed by atoms with Crippen molar-refractivity contribution in [2.45, 2.75) is 11.3 Å². The van der Waals surface area contributed by atoms with Crippen molar-refractivity contribution >= 4 is 15.7 Å². The second-order valence-corrected chi connectivity index (χ2v) is 5.84. The van der Waals surface area contributed by atoms with Crippen LogP contribution >= 0.6 is 0 Å². The van der Waals surface area contributed by atoms with E-state index < -0.39 is 15.8 Å². The van der Waals surface area contributed by atoms with Crippen LogP contribution in [0.25, 0.3) is 0 Å². The lowest BCUT2D eigenvalue weighted by molar-refractivity contribution is 0.298. The summed E-state index contributed by atoms with van der Waals surface area (Å²) in [6.45, 7) is -0.136. The van der Waals surface area contributed by atoms with Crippen LogP contribution in [0.3, 0.4) is 0 Å². The van der Waals surface area contributed by atoms with Crippen LogP contribution in [0, 0.1) is 5.82 Å². The summed E-state index contributed by atoms with van der Waals surface area (Å²) in [5.74, 6) is -0.436. The SMILES string of the molecule is O=S(=O)(Nc1ccc(F)cc1)c1ccccc1CCO. The third-order valence-corrected chi connectivity index (χ3v) is 4.22. The highest BCUT2D eigenvalue weighted by Gasteiger charge is 2.17. The molecule has 4 nitrogen and oxygen atoms in total. The fraction of sp³-hybridized carbons (Fsp3) is 0.143. The van der Waals surface area contributed by atoms with Crippen LogP contribution in [0.2, 0.25) is 0 Å². The summed E-state index contributed by atoms with van der Waals surface area (Å²) >= 11 is 0. The first-order chi connectivity index (χ1) is 9.53. The first-order valence-corrected chi connectivity index (χ1v) is 7.48. The molecule has 0 unspecified atom stereocenters. The van der Waals surface area contributed by atoms with E-state index >= 15 is 0 Å². The van der Waals surface area contributed by atoms with Crippen molar-refractivity contribution in [1.29, 1.82) is 0 Å². The van der Waals surface area contributed by atoms with Crippen LogP contribution < -0.4 is 4.72 Å². The summed E-state index contributed by atoms with van der Waals surface area (Å²) in [6.07, 6.45) is 0.250. The molecule has 0 saturated heterocycles. The summed E-state index contributed by atoms with van der Waals surface area (Å²) in [5.41, 5.74) is 0.815. The minimum absolute atomic E-state index is 0.110. The molecule has 2 N–H and O–H groups in total.